The molecule has 4 heteroatoms. The molecule has 0 spiro atoms. The van der Waals surface area contributed by atoms with Crippen molar-refractivity contribution in [3.05, 3.63) is 0 Å². The van der Waals surface area contributed by atoms with Crippen LogP contribution in [0.15, 0.2) is 0 Å². The van der Waals surface area contributed by atoms with Gasteiger partial charge in [0.25, 0.3) is 0 Å². The molecule has 1 aliphatic heterocycles. The highest BCUT2D eigenvalue weighted by atomic mass is 16.2. The maximum atomic E-state index is 11.7. The molecule has 1 fully saturated rings. The minimum absolute atomic E-state index is 0.0142. The zero-order valence-electron chi connectivity index (χ0n) is 10.1. The minimum atomic E-state index is -0.146. The van der Waals surface area contributed by atoms with Crippen molar-refractivity contribution in [2.45, 2.75) is 32.4 Å². The maximum absolute atomic E-state index is 11.7. The van der Waals surface area contributed by atoms with Crippen molar-refractivity contribution >= 4 is 5.91 Å². The van der Waals surface area contributed by atoms with Gasteiger partial charge in [0, 0.05) is 12.6 Å². The molecule has 0 saturated carbocycles. The molecule has 16 heavy (non-hydrogen) atoms. The summed E-state index contributed by atoms with van der Waals surface area (Å²) in [6, 6.07) is 0.0172. The fourth-order valence-electron chi connectivity index (χ4n) is 1.93. The van der Waals surface area contributed by atoms with Crippen LogP contribution in [0.4, 0.5) is 0 Å². The fraction of sp³-hybridized carbons (Fsp3) is 0.750. The van der Waals surface area contributed by atoms with Crippen LogP contribution in [0.2, 0.25) is 0 Å². The maximum Gasteiger partial charge on any atom is 0.237 e. The first-order chi connectivity index (χ1) is 7.56. The van der Waals surface area contributed by atoms with Crippen LogP contribution in [0.25, 0.3) is 0 Å². The number of hydrogen-bond donors (Lipinski definition) is 2. The van der Waals surface area contributed by atoms with Crippen molar-refractivity contribution in [2.24, 2.45) is 11.7 Å². The Kier molecular flexibility index (Phi) is 4.78. The van der Waals surface area contributed by atoms with Gasteiger partial charge in [0.15, 0.2) is 0 Å². The van der Waals surface area contributed by atoms with E-state index in [1.165, 1.54) is 0 Å². The van der Waals surface area contributed by atoms with E-state index in [0.29, 0.717) is 12.5 Å². The number of hydrogen-bond acceptors (Lipinski definition) is 3. The molecule has 3 unspecified atom stereocenters. The lowest BCUT2D eigenvalue weighted by Crippen LogP contribution is -2.54. The predicted molar refractivity (Wildman–Crippen MR) is 64.6 cm³/mol. The number of likely N-dealkylation sites (tertiary alicyclic amines) is 1. The van der Waals surface area contributed by atoms with Gasteiger partial charge in [-0.1, -0.05) is 12.8 Å². The zero-order valence-corrected chi connectivity index (χ0v) is 10.1. The first-order valence-corrected chi connectivity index (χ1v) is 5.77. The van der Waals surface area contributed by atoms with Crippen LogP contribution >= 0.6 is 0 Å². The third-order valence-electron chi connectivity index (χ3n) is 3.34. The van der Waals surface area contributed by atoms with Crippen molar-refractivity contribution in [3.8, 4) is 12.3 Å². The van der Waals surface area contributed by atoms with Crippen LogP contribution in [-0.4, -0.2) is 42.5 Å². The van der Waals surface area contributed by atoms with Gasteiger partial charge < -0.3 is 11.1 Å². The third-order valence-corrected chi connectivity index (χ3v) is 3.34. The molecule has 1 amide bonds. The Morgan fingerprint density at radius 2 is 2.44 bits per heavy atom. The molecule has 0 bridgehead atoms. The van der Waals surface area contributed by atoms with Gasteiger partial charge in [-0.3, -0.25) is 9.69 Å². The summed E-state index contributed by atoms with van der Waals surface area (Å²) in [4.78, 5) is 13.8. The average molecular weight is 223 g/mol. The van der Waals surface area contributed by atoms with Gasteiger partial charge in [-0.05, 0) is 25.8 Å². The van der Waals surface area contributed by atoms with Crippen molar-refractivity contribution in [3.63, 3.8) is 0 Å². The summed E-state index contributed by atoms with van der Waals surface area (Å²) in [7, 11) is 0. The van der Waals surface area contributed by atoms with E-state index >= 15 is 0 Å². The minimum Gasteiger partial charge on any atom is -0.344 e. The molecule has 0 radical (unpaired) electrons. The summed E-state index contributed by atoms with van der Waals surface area (Å²) >= 11 is 0. The van der Waals surface area contributed by atoms with Crippen LogP contribution in [0.1, 0.15) is 20.3 Å². The highest BCUT2D eigenvalue weighted by Gasteiger charge is 2.28. The van der Waals surface area contributed by atoms with Gasteiger partial charge in [0.2, 0.25) is 5.91 Å². The number of rotatable bonds is 3. The molecule has 0 aliphatic carbocycles. The number of nitrogens with one attached hydrogen (secondary N) is 1. The molecule has 90 valence electrons. The normalized spacial score (nSPS) is 28.1. The molecule has 1 heterocycles. The van der Waals surface area contributed by atoms with E-state index in [1.54, 1.807) is 0 Å². The summed E-state index contributed by atoms with van der Waals surface area (Å²) in [5.74, 6) is 2.92. The molecule has 1 saturated heterocycles. The molecule has 0 aromatic rings. The largest absolute Gasteiger partial charge is 0.344 e. The third kappa shape index (κ3) is 3.22. The average Bonchev–Trinajstić information content (AvgIpc) is 2.28. The second-order valence-electron chi connectivity index (χ2n) is 4.52. The Morgan fingerprint density at radius 1 is 1.75 bits per heavy atom. The fourth-order valence-corrected chi connectivity index (χ4v) is 1.93. The van der Waals surface area contributed by atoms with E-state index in [-0.39, 0.29) is 18.0 Å². The van der Waals surface area contributed by atoms with Crippen LogP contribution in [0.5, 0.6) is 0 Å². The van der Waals surface area contributed by atoms with Crippen LogP contribution in [0, 0.1) is 18.3 Å². The summed E-state index contributed by atoms with van der Waals surface area (Å²) in [6.45, 7) is 6.06. The number of nitrogens with two attached hydrogens (primary N) is 1. The van der Waals surface area contributed by atoms with E-state index in [1.807, 2.05) is 6.92 Å². The SMILES string of the molecule is C#CCNC(=O)C(C)N1CCC(C)C(N)C1. The first-order valence-electron chi connectivity index (χ1n) is 5.77. The van der Waals surface area contributed by atoms with Crippen molar-refractivity contribution in [2.75, 3.05) is 19.6 Å². The first kappa shape index (κ1) is 13.0. The smallest absolute Gasteiger partial charge is 0.237 e. The molecule has 3 atom stereocenters. The molecule has 0 aromatic heterocycles. The van der Waals surface area contributed by atoms with Crippen LogP contribution < -0.4 is 11.1 Å². The number of amides is 1. The standard InChI is InChI=1S/C12H21N3O/c1-4-6-14-12(16)10(3)15-7-5-9(2)11(13)8-15/h1,9-11H,5-8,13H2,2-3H3,(H,14,16). The van der Waals surface area contributed by atoms with Gasteiger partial charge in [-0.2, -0.15) is 0 Å². The van der Waals surface area contributed by atoms with E-state index in [2.05, 4.69) is 23.1 Å². The second kappa shape index (κ2) is 5.88. The lowest BCUT2D eigenvalue weighted by atomic mass is 9.93. The second-order valence-corrected chi connectivity index (χ2v) is 4.52. The number of carbonyl (C=O) groups excluding carboxylic acids is 1. The van der Waals surface area contributed by atoms with Crippen molar-refractivity contribution in [1.82, 2.24) is 10.2 Å². The molecular formula is C12H21N3O. The summed E-state index contributed by atoms with van der Waals surface area (Å²) in [5.41, 5.74) is 6.00. The molecular weight excluding hydrogens is 202 g/mol. The van der Waals surface area contributed by atoms with E-state index in [4.69, 9.17) is 12.2 Å². The van der Waals surface area contributed by atoms with Gasteiger partial charge in [0.1, 0.15) is 0 Å². The Morgan fingerprint density at radius 3 is 3.00 bits per heavy atom. The predicted octanol–water partition coefficient (Wildman–Crippen LogP) is -0.207. The van der Waals surface area contributed by atoms with E-state index in [9.17, 15) is 4.79 Å². The summed E-state index contributed by atoms with van der Waals surface area (Å²) < 4.78 is 0. The summed E-state index contributed by atoms with van der Waals surface area (Å²) in [6.07, 6.45) is 6.15. The number of terminal acetylenes is 1. The van der Waals surface area contributed by atoms with E-state index < -0.39 is 0 Å². The number of carbonyl (C=O) groups is 1. The number of nitrogens with zero attached hydrogens (tertiary/aromatic N) is 1. The summed E-state index contributed by atoms with van der Waals surface area (Å²) in [5, 5.41) is 2.70. The van der Waals surface area contributed by atoms with Crippen LogP contribution in [0.3, 0.4) is 0 Å². The van der Waals surface area contributed by atoms with E-state index in [0.717, 1.165) is 19.5 Å². The Labute approximate surface area is 97.6 Å². The monoisotopic (exact) mass is 223 g/mol. The highest BCUT2D eigenvalue weighted by molar-refractivity contribution is 5.81. The molecule has 1 rings (SSSR count). The van der Waals surface area contributed by atoms with Gasteiger partial charge in [0.05, 0.1) is 12.6 Å². The van der Waals surface area contributed by atoms with Crippen LogP contribution in [-0.2, 0) is 4.79 Å². The van der Waals surface area contributed by atoms with Gasteiger partial charge >= 0.3 is 0 Å². The Balaban J connectivity index is 2.45. The highest BCUT2D eigenvalue weighted by Crippen LogP contribution is 2.17. The Hall–Kier alpha value is -1.05. The molecule has 0 aromatic carbocycles. The lowest BCUT2D eigenvalue weighted by molar-refractivity contribution is -0.126. The Bertz CT molecular complexity index is 284. The number of piperidine rings is 1. The molecule has 3 N–H and O–H groups in total. The quantitative estimate of drug-likeness (QED) is 0.651. The van der Waals surface area contributed by atoms with Crippen molar-refractivity contribution in [1.29, 1.82) is 0 Å². The molecule has 4 nitrogen and oxygen atoms in total. The van der Waals surface area contributed by atoms with Gasteiger partial charge in [-0.25, -0.2) is 0 Å². The van der Waals surface area contributed by atoms with Crippen molar-refractivity contribution < 1.29 is 4.79 Å². The topological polar surface area (TPSA) is 58.4 Å². The lowest BCUT2D eigenvalue weighted by Gasteiger charge is -2.37. The molecule has 1 aliphatic rings. The zero-order chi connectivity index (χ0) is 12.1. The van der Waals surface area contributed by atoms with Gasteiger partial charge in [-0.15, -0.1) is 6.42 Å².